The van der Waals surface area contributed by atoms with Crippen molar-refractivity contribution in [2.45, 2.75) is 32.7 Å². The van der Waals surface area contributed by atoms with Gasteiger partial charge in [-0.1, -0.05) is 56.2 Å². The summed E-state index contributed by atoms with van der Waals surface area (Å²) in [6.07, 6.45) is 0.818. The van der Waals surface area contributed by atoms with Crippen molar-refractivity contribution in [2.75, 3.05) is 0 Å². The average molecular weight is 203 g/mol. The predicted molar refractivity (Wildman–Crippen MR) is 62.4 cm³/mol. The van der Waals surface area contributed by atoms with Gasteiger partial charge in [0.15, 0.2) is 0 Å². The van der Waals surface area contributed by atoms with Gasteiger partial charge >= 0.3 is 0 Å². The van der Waals surface area contributed by atoms with E-state index >= 15 is 0 Å². The first kappa shape index (κ1) is 11.6. The Morgan fingerprint density at radius 3 is 2.33 bits per heavy atom. The van der Waals surface area contributed by atoms with E-state index in [1.165, 1.54) is 0 Å². The SMILES string of the molecule is CCC(N=[N+]=[N-])(c1ccccc1)C(C)C. The van der Waals surface area contributed by atoms with Gasteiger partial charge in [-0.3, -0.25) is 0 Å². The first-order chi connectivity index (χ1) is 7.17. The lowest BCUT2D eigenvalue weighted by molar-refractivity contribution is 0.305. The van der Waals surface area contributed by atoms with Crippen molar-refractivity contribution in [2.24, 2.45) is 11.0 Å². The van der Waals surface area contributed by atoms with E-state index in [2.05, 4.69) is 30.8 Å². The smallest absolute Gasteiger partial charge is 0.0758 e. The summed E-state index contributed by atoms with van der Waals surface area (Å²) in [5.74, 6) is 0.292. The monoisotopic (exact) mass is 203 g/mol. The molecular weight excluding hydrogens is 186 g/mol. The van der Waals surface area contributed by atoms with Crippen LogP contribution in [0.25, 0.3) is 10.4 Å². The maximum absolute atomic E-state index is 8.70. The van der Waals surface area contributed by atoms with Crippen LogP contribution in [0.3, 0.4) is 0 Å². The molecule has 0 amide bonds. The van der Waals surface area contributed by atoms with Crippen LogP contribution >= 0.6 is 0 Å². The molecule has 0 saturated carbocycles. The zero-order valence-corrected chi connectivity index (χ0v) is 9.51. The molecule has 0 spiro atoms. The van der Waals surface area contributed by atoms with E-state index in [0.717, 1.165) is 12.0 Å². The largest absolute Gasteiger partial charge is 0.0823 e. The van der Waals surface area contributed by atoms with Gasteiger partial charge in [-0.15, -0.1) is 0 Å². The highest BCUT2D eigenvalue weighted by molar-refractivity contribution is 5.25. The van der Waals surface area contributed by atoms with Crippen molar-refractivity contribution in [3.63, 3.8) is 0 Å². The van der Waals surface area contributed by atoms with E-state index in [0.29, 0.717) is 5.92 Å². The molecule has 15 heavy (non-hydrogen) atoms. The molecule has 1 aromatic carbocycles. The van der Waals surface area contributed by atoms with E-state index < -0.39 is 5.54 Å². The van der Waals surface area contributed by atoms with Crippen molar-refractivity contribution in [1.82, 2.24) is 0 Å². The zero-order chi connectivity index (χ0) is 11.3. The molecule has 0 aliphatic rings. The van der Waals surface area contributed by atoms with Gasteiger partial charge < -0.3 is 0 Å². The van der Waals surface area contributed by atoms with Crippen molar-refractivity contribution in [3.8, 4) is 0 Å². The van der Waals surface area contributed by atoms with Crippen LogP contribution in [0.4, 0.5) is 0 Å². The number of nitrogens with zero attached hydrogens (tertiary/aromatic N) is 3. The van der Waals surface area contributed by atoms with Crippen molar-refractivity contribution in [1.29, 1.82) is 0 Å². The van der Waals surface area contributed by atoms with Crippen LogP contribution in [0.2, 0.25) is 0 Å². The van der Waals surface area contributed by atoms with Crippen molar-refractivity contribution >= 4 is 0 Å². The molecule has 80 valence electrons. The third kappa shape index (κ3) is 2.13. The lowest BCUT2D eigenvalue weighted by atomic mass is 9.78. The molecule has 0 aliphatic heterocycles. The van der Waals surface area contributed by atoms with Crippen LogP contribution in [0.15, 0.2) is 35.4 Å². The minimum atomic E-state index is -0.407. The molecular formula is C12H17N3. The maximum atomic E-state index is 8.70. The van der Waals surface area contributed by atoms with E-state index in [1.54, 1.807) is 0 Å². The second kappa shape index (κ2) is 4.85. The first-order valence-corrected chi connectivity index (χ1v) is 5.29. The van der Waals surface area contributed by atoms with Crippen LogP contribution in [-0.4, -0.2) is 0 Å². The highest BCUT2D eigenvalue weighted by atomic mass is 15.2. The molecule has 0 fully saturated rings. The summed E-state index contributed by atoms with van der Waals surface area (Å²) < 4.78 is 0. The van der Waals surface area contributed by atoms with Crippen molar-refractivity contribution in [3.05, 3.63) is 46.3 Å². The van der Waals surface area contributed by atoms with E-state index in [-0.39, 0.29) is 0 Å². The Morgan fingerprint density at radius 2 is 1.93 bits per heavy atom. The summed E-state index contributed by atoms with van der Waals surface area (Å²) in [5.41, 5.74) is 9.39. The predicted octanol–water partition coefficient (Wildman–Crippen LogP) is 4.26. The number of benzene rings is 1. The third-order valence-corrected chi connectivity index (χ3v) is 2.99. The minimum Gasteiger partial charge on any atom is -0.0823 e. The molecule has 1 aromatic rings. The molecule has 1 rings (SSSR count). The average Bonchev–Trinajstić information content (AvgIpc) is 2.26. The quantitative estimate of drug-likeness (QED) is 0.399. The molecule has 1 unspecified atom stereocenters. The van der Waals surface area contributed by atoms with E-state index in [1.807, 2.05) is 30.3 Å². The molecule has 1 atom stereocenters. The van der Waals surface area contributed by atoms with E-state index in [4.69, 9.17) is 5.53 Å². The number of azide groups is 1. The van der Waals surface area contributed by atoms with Crippen LogP contribution in [-0.2, 0) is 5.54 Å². The number of hydrogen-bond donors (Lipinski definition) is 0. The summed E-state index contributed by atoms with van der Waals surface area (Å²) in [6, 6.07) is 9.99. The molecule has 0 heterocycles. The first-order valence-electron chi connectivity index (χ1n) is 5.29. The fraction of sp³-hybridized carbons (Fsp3) is 0.500. The van der Waals surface area contributed by atoms with Crippen LogP contribution < -0.4 is 0 Å². The Labute approximate surface area is 90.8 Å². The maximum Gasteiger partial charge on any atom is 0.0758 e. The molecule has 0 bridgehead atoms. The molecule has 0 radical (unpaired) electrons. The van der Waals surface area contributed by atoms with Gasteiger partial charge in [0.25, 0.3) is 0 Å². The number of rotatable bonds is 4. The minimum absolute atomic E-state index is 0.292. The summed E-state index contributed by atoms with van der Waals surface area (Å²) in [5, 5.41) is 4.02. The topological polar surface area (TPSA) is 48.8 Å². The fourth-order valence-electron chi connectivity index (χ4n) is 2.00. The molecule has 3 nitrogen and oxygen atoms in total. The Morgan fingerprint density at radius 1 is 1.33 bits per heavy atom. The second-order valence-corrected chi connectivity index (χ2v) is 3.99. The summed E-state index contributed by atoms with van der Waals surface area (Å²) in [7, 11) is 0. The second-order valence-electron chi connectivity index (χ2n) is 3.99. The highest BCUT2D eigenvalue weighted by Crippen LogP contribution is 2.37. The standard InChI is InChI=1S/C12H17N3/c1-4-12(10(2)3,14-15-13)11-8-6-5-7-9-11/h5-10H,4H2,1-3H3. The van der Waals surface area contributed by atoms with E-state index in [9.17, 15) is 0 Å². The third-order valence-electron chi connectivity index (χ3n) is 2.99. The lowest BCUT2D eigenvalue weighted by Gasteiger charge is -2.32. The van der Waals surface area contributed by atoms with Gasteiger partial charge in [-0.05, 0) is 23.4 Å². The van der Waals surface area contributed by atoms with Crippen LogP contribution in [0, 0.1) is 5.92 Å². The summed E-state index contributed by atoms with van der Waals surface area (Å²) >= 11 is 0. The fourth-order valence-corrected chi connectivity index (χ4v) is 2.00. The lowest BCUT2D eigenvalue weighted by Crippen LogP contribution is -2.28. The highest BCUT2D eigenvalue weighted by Gasteiger charge is 2.32. The molecule has 0 aromatic heterocycles. The molecule has 0 aliphatic carbocycles. The van der Waals surface area contributed by atoms with Gasteiger partial charge in [0.05, 0.1) is 5.54 Å². The normalized spacial score (nSPS) is 14.4. The Kier molecular flexibility index (Phi) is 3.75. The Balaban J connectivity index is 3.27. The van der Waals surface area contributed by atoms with Gasteiger partial charge in [0.2, 0.25) is 0 Å². The van der Waals surface area contributed by atoms with Gasteiger partial charge in [0.1, 0.15) is 0 Å². The molecule has 0 saturated heterocycles. The van der Waals surface area contributed by atoms with Crippen LogP contribution in [0.5, 0.6) is 0 Å². The van der Waals surface area contributed by atoms with Gasteiger partial charge in [-0.2, -0.15) is 0 Å². The Hall–Kier alpha value is -1.47. The summed E-state index contributed by atoms with van der Waals surface area (Å²) in [6.45, 7) is 6.23. The summed E-state index contributed by atoms with van der Waals surface area (Å²) in [4.78, 5) is 3.00. The van der Waals surface area contributed by atoms with Gasteiger partial charge in [0, 0.05) is 4.91 Å². The number of hydrogen-bond acceptors (Lipinski definition) is 1. The van der Waals surface area contributed by atoms with Crippen LogP contribution in [0.1, 0.15) is 32.8 Å². The molecule has 0 N–H and O–H groups in total. The Bertz CT molecular complexity index is 352. The van der Waals surface area contributed by atoms with Crippen molar-refractivity contribution < 1.29 is 0 Å². The molecule has 3 heteroatoms. The van der Waals surface area contributed by atoms with Gasteiger partial charge in [-0.25, -0.2) is 0 Å². The zero-order valence-electron chi connectivity index (χ0n) is 9.51.